The molecule has 0 bridgehead atoms. The molecule has 1 aliphatic heterocycles. The number of anilines is 1. The number of ether oxygens (including phenoxy) is 1. The van der Waals surface area contributed by atoms with Gasteiger partial charge in [0.2, 0.25) is 0 Å². The number of thiazole rings is 1. The molecule has 174 valence electrons. The van der Waals surface area contributed by atoms with Crippen LogP contribution >= 0.6 is 11.3 Å². The maximum atomic E-state index is 13.0. The molecule has 33 heavy (non-hydrogen) atoms. The lowest BCUT2D eigenvalue weighted by Crippen LogP contribution is -2.39. The Labute approximate surface area is 196 Å². The molecule has 4 rings (SSSR count). The highest BCUT2D eigenvalue weighted by molar-refractivity contribution is 7.92. The standard InChI is InChI=1S/C23H25N3O5S2/c1-2-31-20-8-6-17(7-9-20)14-18-16-32-23(24-18)25-12-10-21(11-13-25)33(29,30)22-5-3-4-19(15-22)26(27)28/h3-9,15-16,21H,2,10-14H2,1H3. The molecule has 0 amide bonds. The van der Waals surface area contributed by atoms with Crippen LogP contribution in [-0.2, 0) is 16.3 Å². The molecular weight excluding hydrogens is 462 g/mol. The molecule has 0 aliphatic carbocycles. The van der Waals surface area contributed by atoms with Crippen LogP contribution in [0.15, 0.2) is 58.8 Å². The van der Waals surface area contributed by atoms with Crippen molar-refractivity contribution < 1.29 is 18.1 Å². The topological polar surface area (TPSA) is 103 Å². The van der Waals surface area contributed by atoms with Crippen LogP contribution in [-0.4, -0.2) is 43.3 Å². The van der Waals surface area contributed by atoms with Gasteiger partial charge in [-0.3, -0.25) is 10.1 Å². The Balaban J connectivity index is 1.38. The van der Waals surface area contributed by atoms with Crippen molar-refractivity contribution in [3.8, 4) is 5.75 Å². The van der Waals surface area contributed by atoms with Crippen LogP contribution in [0.3, 0.4) is 0 Å². The summed E-state index contributed by atoms with van der Waals surface area (Å²) >= 11 is 1.56. The molecule has 10 heteroatoms. The Morgan fingerprint density at radius 2 is 1.91 bits per heavy atom. The Morgan fingerprint density at radius 1 is 1.18 bits per heavy atom. The molecule has 1 aliphatic rings. The molecular formula is C23H25N3O5S2. The molecule has 1 fully saturated rings. The molecule has 0 unspecified atom stereocenters. The minimum Gasteiger partial charge on any atom is -0.494 e. The number of sulfone groups is 1. The summed E-state index contributed by atoms with van der Waals surface area (Å²) in [4.78, 5) is 17.3. The van der Waals surface area contributed by atoms with Gasteiger partial charge in [-0.25, -0.2) is 13.4 Å². The molecule has 3 aromatic rings. The summed E-state index contributed by atoms with van der Waals surface area (Å²) in [6.45, 7) is 3.75. The predicted octanol–water partition coefficient (Wildman–Crippen LogP) is 4.48. The van der Waals surface area contributed by atoms with Gasteiger partial charge in [0.1, 0.15) is 5.75 Å². The Bertz CT molecular complexity index is 1220. The quantitative estimate of drug-likeness (QED) is 0.341. The lowest BCUT2D eigenvalue weighted by molar-refractivity contribution is -0.385. The first-order chi connectivity index (χ1) is 15.9. The van der Waals surface area contributed by atoms with E-state index in [0.29, 0.717) is 32.5 Å². The Kier molecular flexibility index (Phi) is 6.94. The fourth-order valence-electron chi connectivity index (χ4n) is 3.93. The third kappa shape index (κ3) is 5.33. The van der Waals surface area contributed by atoms with Crippen molar-refractivity contribution in [1.29, 1.82) is 0 Å². The first kappa shape index (κ1) is 23.2. The number of nitro groups is 1. The minimum absolute atomic E-state index is 0.0158. The van der Waals surface area contributed by atoms with Crippen LogP contribution in [0, 0.1) is 10.1 Å². The fraction of sp³-hybridized carbons (Fsp3) is 0.348. The van der Waals surface area contributed by atoms with E-state index < -0.39 is 20.0 Å². The SMILES string of the molecule is CCOc1ccc(Cc2csc(N3CCC(S(=O)(=O)c4cccc([N+](=O)[O-])c4)CC3)n2)cc1. The van der Waals surface area contributed by atoms with Crippen molar-refractivity contribution in [2.75, 3.05) is 24.6 Å². The second kappa shape index (κ2) is 9.88. The number of rotatable bonds is 8. The van der Waals surface area contributed by atoms with Crippen molar-refractivity contribution in [3.05, 3.63) is 75.3 Å². The summed E-state index contributed by atoms with van der Waals surface area (Å²) < 4.78 is 31.5. The summed E-state index contributed by atoms with van der Waals surface area (Å²) in [6.07, 6.45) is 1.64. The van der Waals surface area contributed by atoms with Crippen molar-refractivity contribution in [1.82, 2.24) is 4.98 Å². The molecule has 8 nitrogen and oxygen atoms in total. The van der Waals surface area contributed by atoms with Crippen LogP contribution in [0.1, 0.15) is 31.0 Å². The normalized spacial score (nSPS) is 14.9. The van der Waals surface area contributed by atoms with Crippen LogP contribution in [0.5, 0.6) is 5.75 Å². The van der Waals surface area contributed by atoms with Gasteiger partial charge in [-0.2, -0.15) is 0 Å². The van der Waals surface area contributed by atoms with Crippen LogP contribution in [0.2, 0.25) is 0 Å². The van der Waals surface area contributed by atoms with Gasteiger partial charge in [-0.05, 0) is 43.5 Å². The van der Waals surface area contributed by atoms with Gasteiger partial charge < -0.3 is 9.64 Å². The molecule has 0 spiro atoms. The van der Waals surface area contributed by atoms with Gasteiger partial charge in [-0.15, -0.1) is 11.3 Å². The van der Waals surface area contributed by atoms with Gasteiger partial charge in [0, 0.05) is 37.0 Å². The van der Waals surface area contributed by atoms with Crippen molar-refractivity contribution in [2.24, 2.45) is 0 Å². The molecule has 0 saturated carbocycles. The highest BCUT2D eigenvalue weighted by Gasteiger charge is 2.32. The van der Waals surface area contributed by atoms with Crippen molar-refractivity contribution in [2.45, 2.75) is 36.3 Å². The molecule has 2 aromatic carbocycles. The van der Waals surface area contributed by atoms with E-state index in [1.54, 1.807) is 11.3 Å². The second-order valence-corrected chi connectivity index (χ2v) is 10.9. The zero-order valence-electron chi connectivity index (χ0n) is 18.2. The molecule has 0 radical (unpaired) electrons. The first-order valence-electron chi connectivity index (χ1n) is 10.8. The van der Waals surface area contributed by atoms with E-state index in [1.807, 2.05) is 36.6 Å². The maximum Gasteiger partial charge on any atom is 0.270 e. The van der Waals surface area contributed by atoms with E-state index in [-0.39, 0.29) is 10.6 Å². The number of aromatic nitrogens is 1. The Hall–Kier alpha value is -2.98. The molecule has 1 aromatic heterocycles. The van der Waals surface area contributed by atoms with Gasteiger partial charge in [0.25, 0.3) is 5.69 Å². The zero-order chi connectivity index (χ0) is 23.4. The van der Waals surface area contributed by atoms with Gasteiger partial charge in [-0.1, -0.05) is 18.2 Å². The smallest absolute Gasteiger partial charge is 0.270 e. The highest BCUT2D eigenvalue weighted by atomic mass is 32.2. The van der Waals surface area contributed by atoms with Gasteiger partial charge >= 0.3 is 0 Å². The maximum absolute atomic E-state index is 13.0. The number of nitrogens with zero attached hydrogens (tertiary/aromatic N) is 3. The van der Waals surface area contributed by atoms with Crippen molar-refractivity contribution >= 4 is 32.0 Å². The number of nitro benzene ring substituents is 1. The van der Waals surface area contributed by atoms with Crippen LogP contribution in [0.4, 0.5) is 10.8 Å². The molecule has 1 saturated heterocycles. The summed E-state index contributed by atoms with van der Waals surface area (Å²) in [5, 5.41) is 13.4. The fourth-order valence-corrected chi connectivity index (χ4v) is 6.57. The molecule has 2 heterocycles. The number of piperidine rings is 1. The first-order valence-corrected chi connectivity index (χ1v) is 13.2. The number of non-ortho nitro benzene ring substituents is 1. The number of hydrogen-bond acceptors (Lipinski definition) is 8. The summed E-state index contributed by atoms with van der Waals surface area (Å²) in [7, 11) is -3.63. The molecule has 0 atom stereocenters. The number of benzene rings is 2. The minimum atomic E-state index is -3.63. The largest absolute Gasteiger partial charge is 0.494 e. The molecule has 0 N–H and O–H groups in total. The third-order valence-corrected chi connectivity index (χ3v) is 8.88. The third-order valence-electron chi connectivity index (χ3n) is 5.67. The summed E-state index contributed by atoms with van der Waals surface area (Å²) in [5.74, 6) is 0.850. The van der Waals surface area contributed by atoms with E-state index in [0.717, 1.165) is 34.6 Å². The predicted molar refractivity (Wildman–Crippen MR) is 128 cm³/mol. The summed E-state index contributed by atoms with van der Waals surface area (Å²) in [5.41, 5.74) is 1.92. The van der Waals surface area contributed by atoms with Crippen LogP contribution < -0.4 is 9.64 Å². The lowest BCUT2D eigenvalue weighted by Gasteiger charge is -2.31. The summed E-state index contributed by atoms with van der Waals surface area (Å²) in [6, 6.07) is 13.3. The average molecular weight is 488 g/mol. The van der Waals surface area contributed by atoms with E-state index in [4.69, 9.17) is 9.72 Å². The number of hydrogen-bond donors (Lipinski definition) is 0. The van der Waals surface area contributed by atoms with E-state index >= 15 is 0 Å². The lowest BCUT2D eigenvalue weighted by atomic mass is 10.1. The zero-order valence-corrected chi connectivity index (χ0v) is 19.8. The van der Waals surface area contributed by atoms with Crippen molar-refractivity contribution in [3.63, 3.8) is 0 Å². The van der Waals surface area contributed by atoms with E-state index in [9.17, 15) is 18.5 Å². The second-order valence-electron chi connectivity index (χ2n) is 7.86. The highest BCUT2D eigenvalue weighted by Crippen LogP contribution is 2.30. The van der Waals surface area contributed by atoms with Crippen LogP contribution in [0.25, 0.3) is 0 Å². The average Bonchev–Trinajstić information content (AvgIpc) is 3.29. The van der Waals surface area contributed by atoms with E-state index in [1.165, 1.54) is 18.2 Å². The van der Waals surface area contributed by atoms with Gasteiger partial charge in [0.15, 0.2) is 15.0 Å². The van der Waals surface area contributed by atoms with Gasteiger partial charge in [0.05, 0.1) is 27.4 Å². The monoisotopic (exact) mass is 487 g/mol. The Morgan fingerprint density at radius 3 is 2.58 bits per heavy atom. The van der Waals surface area contributed by atoms with E-state index in [2.05, 4.69) is 4.90 Å².